The van der Waals surface area contributed by atoms with E-state index in [9.17, 15) is 4.79 Å². The lowest BCUT2D eigenvalue weighted by Gasteiger charge is -2.03. The topological polar surface area (TPSA) is 26.3 Å². The molecule has 0 N–H and O–H groups in total. The molecular weight excluding hydrogens is 254 g/mol. The maximum absolute atomic E-state index is 10.2. The average molecular weight is 262 g/mol. The van der Waals surface area contributed by atoms with Crippen molar-refractivity contribution in [3.8, 4) is 0 Å². The molecule has 0 aromatic rings. The van der Waals surface area contributed by atoms with Crippen LogP contribution in [0, 0.1) is 0 Å². The summed E-state index contributed by atoms with van der Waals surface area (Å²) in [6.45, 7) is 1.80. The van der Waals surface area contributed by atoms with Crippen molar-refractivity contribution in [3.63, 3.8) is 0 Å². The van der Waals surface area contributed by atoms with Crippen LogP contribution in [0.1, 0.15) is 6.92 Å². The molecule has 0 rings (SSSR count). The first-order chi connectivity index (χ1) is 4.16. The van der Waals surface area contributed by atoms with Gasteiger partial charge in [0.2, 0.25) is 0 Å². The fourth-order valence-corrected chi connectivity index (χ4v) is 0.521. The van der Waals surface area contributed by atoms with Crippen LogP contribution in [-0.2, 0) is 9.53 Å². The highest BCUT2D eigenvalue weighted by Crippen LogP contribution is 2.02. The summed E-state index contributed by atoms with van der Waals surface area (Å²) in [6.07, 6.45) is 0. The molecule has 0 aliphatic rings. The number of hydrogen-bond acceptors (Lipinski definition) is 2. The first-order valence-electron chi connectivity index (χ1n) is 2.50. The number of alkyl halides is 2. The predicted molar refractivity (Wildman–Crippen MR) is 45.2 cm³/mol. The summed E-state index contributed by atoms with van der Waals surface area (Å²) >= 11 is 7.57. The summed E-state index contributed by atoms with van der Waals surface area (Å²) in [5.41, 5.74) is 0. The summed E-state index contributed by atoms with van der Waals surface area (Å²) in [6, 6.07) is 0. The van der Waals surface area contributed by atoms with Gasteiger partial charge in [0, 0.05) is 12.8 Å². The van der Waals surface area contributed by atoms with Crippen LogP contribution >= 0.6 is 34.2 Å². The summed E-state index contributed by atoms with van der Waals surface area (Å²) in [5.74, 6) is 0.273. The highest BCUT2D eigenvalue weighted by molar-refractivity contribution is 14.1. The quantitative estimate of drug-likeness (QED) is 0.439. The number of carbonyl (C=O) groups excluding carboxylic acids is 1. The molecule has 0 heterocycles. The highest BCUT2D eigenvalue weighted by atomic mass is 127. The van der Waals surface area contributed by atoms with Crippen LogP contribution in [0.2, 0.25) is 0 Å². The number of rotatable bonds is 3. The van der Waals surface area contributed by atoms with Crippen LogP contribution in [-0.4, -0.2) is 22.4 Å². The Hall–Kier alpha value is 0.490. The fourth-order valence-electron chi connectivity index (χ4n) is 0.252. The van der Waals surface area contributed by atoms with Crippen molar-refractivity contribution in [2.24, 2.45) is 0 Å². The minimum absolute atomic E-state index is 0.230. The first-order valence-corrected chi connectivity index (χ1v) is 4.28. The Kier molecular flexibility index (Phi) is 5.58. The van der Waals surface area contributed by atoms with Gasteiger partial charge in [-0.2, -0.15) is 0 Å². The second kappa shape index (κ2) is 5.29. The highest BCUT2D eigenvalue weighted by Gasteiger charge is 2.02. The van der Waals surface area contributed by atoms with Crippen molar-refractivity contribution in [2.75, 3.05) is 12.5 Å². The van der Waals surface area contributed by atoms with E-state index in [2.05, 4.69) is 27.3 Å². The van der Waals surface area contributed by atoms with Crippen molar-refractivity contribution in [1.29, 1.82) is 0 Å². The Morgan fingerprint density at radius 1 is 1.89 bits per heavy atom. The van der Waals surface area contributed by atoms with Gasteiger partial charge in [-0.1, -0.05) is 22.6 Å². The third kappa shape index (κ3) is 6.37. The van der Waals surface area contributed by atoms with Gasteiger partial charge in [0.05, 0.1) is 3.92 Å². The molecule has 0 fully saturated rings. The largest absolute Gasteiger partial charge is 0.465 e. The number of carbonyl (C=O) groups is 1. The van der Waals surface area contributed by atoms with E-state index >= 15 is 0 Å². The zero-order chi connectivity index (χ0) is 7.28. The number of ether oxygens (including phenoxy) is 1. The van der Waals surface area contributed by atoms with E-state index < -0.39 is 0 Å². The Morgan fingerprint density at radius 3 is 2.78 bits per heavy atom. The smallest absolute Gasteiger partial charge is 0.302 e. The van der Waals surface area contributed by atoms with Gasteiger partial charge < -0.3 is 4.74 Å². The van der Waals surface area contributed by atoms with E-state index in [-0.39, 0.29) is 9.89 Å². The second-order valence-electron chi connectivity index (χ2n) is 1.55. The average Bonchev–Trinajstić information content (AvgIpc) is 1.83. The normalized spacial score (nSPS) is 12.8. The third-order valence-electron chi connectivity index (χ3n) is 0.635. The van der Waals surface area contributed by atoms with Crippen LogP contribution in [0.4, 0.5) is 0 Å². The molecule has 0 aliphatic carbocycles. The molecule has 0 aliphatic heterocycles. The van der Waals surface area contributed by atoms with Gasteiger partial charge in [0.15, 0.2) is 0 Å². The standard InChI is InChI=1S/C5H8ClIO2/c1-4(8)9-3-5(7)2-6/h5H,2-3H2,1H3. The summed E-state index contributed by atoms with van der Waals surface area (Å²) in [7, 11) is 0. The summed E-state index contributed by atoms with van der Waals surface area (Å²) in [4.78, 5) is 10.2. The van der Waals surface area contributed by atoms with E-state index in [1.165, 1.54) is 6.92 Å². The second-order valence-corrected chi connectivity index (χ2v) is 3.62. The predicted octanol–water partition coefficient (Wildman–Crippen LogP) is 1.59. The van der Waals surface area contributed by atoms with Crippen LogP contribution in [0.3, 0.4) is 0 Å². The van der Waals surface area contributed by atoms with Crippen LogP contribution in [0.5, 0.6) is 0 Å². The molecule has 1 atom stereocenters. The van der Waals surface area contributed by atoms with Crippen molar-refractivity contribution < 1.29 is 9.53 Å². The molecule has 0 saturated carbocycles. The van der Waals surface area contributed by atoms with Gasteiger partial charge in [-0.3, -0.25) is 4.79 Å². The molecular formula is C5H8ClIO2. The van der Waals surface area contributed by atoms with Gasteiger partial charge in [0.25, 0.3) is 0 Å². The van der Waals surface area contributed by atoms with Crippen molar-refractivity contribution in [3.05, 3.63) is 0 Å². The van der Waals surface area contributed by atoms with E-state index in [4.69, 9.17) is 11.6 Å². The third-order valence-corrected chi connectivity index (χ3v) is 2.33. The van der Waals surface area contributed by atoms with Gasteiger partial charge in [0.1, 0.15) is 6.61 Å². The zero-order valence-corrected chi connectivity index (χ0v) is 7.98. The van der Waals surface area contributed by atoms with Gasteiger partial charge in [-0.25, -0.2) is 0 Å². The van der Waals surface area contributed by atoms with Crippen molar-refractivity contribution in [2.45, 2.75) is 10.8 Å². The lowest BCUT2D eigenvalue weighted by molar-refractivity contribution is -0.140. The number of hydrogen-bond donors (Lipinski definition) is 0. The lowest BCUT2D eigenvalue weighted by atomic mass is 10.5. The molecule has 2 nitrogen and oxygen atoms in total. The SMILES string of the molecule is CC(=O)OCC(I)CCl. The first kappa shape index (κ1) is 9.49. The molecule has 0 amide bonds. The molecule has 0 aromatic carbocycles. The van der Waals surface area contributed by atoms with E-state index in [0.717, 1.165) is 0 Å². The van der Waals surface area contributed by atoms with Crippen molar-refractivity contribution in [1.82, 2.24) is 0 Å². The minimum Gasteiger partial charge on any atom is -0.465 e. The molecule has 1 unspecified atom stereocenters. The minimum atomic E-state index is -0.248. The Bertz CT molecular complexity index is 97.0. The molecule has 4 heteroatoms. The molecule has 9 heavy (non-hydrogen) atoms. The number of halogens is 2. The number of esters is 1. The van der Waals surface area contributed by atoms with Gasteiger partial charge >= 0.3 is 5.97 Å². The van der Waals surface area contributed by atoms with Crippen LogP contribution in [0.25, 0.3) is 0 Å². The molecule has 0 aromatic heterocycles. The van der Waals surface area contributed by atoms with Gasteiger partial charge in [-0.15, -0.1) is 11.6 Å². The molecule has 0 bridgehead atoms. The molecule has 54 valence electrons. The van der Waals surface area contributed by atoms with Crippen LogP contribution < -0.4 is 0 Å². The summed E-state index contributed by atoms with van der Waals surface area (Å²) < 4.78 is 4.89. The maximum Gasteiger partial charge on any atom is 0.302 e. The Balaban J connectivity index is 3.16. The van der Waals surface area contributed by atoms with E-state index in [1.807, 2.05) is 0 Å². The van der Waals surface area contributed by atoms with Crippen molar-refractivity contribution >= 4 is 40.2 Å². The fraction of sp³-hybridized carbons (Fsp3) is 0.800. The zero-order valence-electron chi connectivity index (χ0n) is 5.06. The molecule has 0 radical (unpaired) electrons. The lowest BCUT2D eigenvalue weighted by Crippen LogP contribution is -2.12. The van der Waals surface area contributed by atoms with E-state index in [1.54, 1.807) is 0 Å². The molecule has 0 spiro atoms. The summed E-state index contributed by atoms with van der Waals surface area (Å²) in [5, 5.41) is 0. The van der Waals surface area contributed by atoms with Crippen LogP contribution in [0.15, 0.2) is 0 Å². The maximum atomic E-state index is 10.2. The Labute approximate surface area is 73.0 Å². The Morgan fingerprint density at radius 2 is 2.44 bits per heavy atom. The van der Waals surface area contributed by atoms with E-state index in [0.29, 0.717) is 12.5 Å². The molecule has 0 saturated heterocycles. The monoisotopic (exact) mass is 262 g/mol. The van der Waals surface area contributed by atoms with Gasteiger partial charge in [-0.05, 0) is 0 Å².